The summed E-state index contributed by atoms with van der Waals surface area (Å²) in [5.41, 5.74) is 7.19. The Kier molecular flexibility index (Phi) is 4.37. The number of pyridine rings is 1. The van der Waals surface area contributed by atoms with Gasteiger partial charge in [0.2, 0.25) is 0 Å². The van der Waals surface area contributed by atoms with Crippen molar-refractivity contribution >= 4 is 17.4 Å². The monoisotopic (exact) mass is 289 g/mol. The number of ether oxygens (including phenoxy) is 1. The Labute approximate surface area is 121 Å². The van der Waals surface area contributed by atoms with Crippen LogP contribution in [-0.4, -0.2) is 18.0 Å². The Morgan fingerprint density at radius 2 is 2.14 bits per heavy atom. The number of nitrogens with one attached hydrogen (secondary N) is 1. The van der Waals surface area contributed by atoms with Gasteiger partial charge < -0.3 is 15.8 Å². The molecule has 0 aliphatic carbocycles. The lowest BCUT2D eigenvalue weighted by Gasteiger charge is -2.11. The van der Waals surface area contributed by atoms with Gasteiger partial charge in [0.05, 0.1) is 12.8 Å². The van der Waals surface area contributed by atoms with Gasteiger partial charge in [-0.25, -0.2) is 9.37 Å². The minimum Gasteiger partial charge on any atom is -0.494 e. The zero-order valence-corrected chi connectivity index (χ0v) is 11.8. The number of hydrogen-bond donors (Lipinski definition) is 2. The highest BCUT2D eigenvalue weighted by molar-refractivity contribution is 6.05. The van der Waals surface area contributed by atoms with Crippen molar-refractivity contribution in [3.63, 3.8) is 0 Å². The van der Waals surface area contributed by atoms with Gasteiger partial charge in [-0.15, -0.1) is 0 Å². The quantitative estimate of drug-likeness (QED) is 0.907. The number of methoxy groups -OCH3 is 1. The van der Waals surface area contributed by atoms with Crippen molar-refractivity contribution in [2.75, 3.05) is 18.2 Å². The van der Waals surface area contributed by atoms with Crippen LogP contribution in [-0.2, 0) is 6.42 Å². The average Bonchev–Trinajstić information content (AvgIpc) is 2.48. The molecule has 0 aliphatic rings. The largest absolute Gasteiger partial charge is 0.494 e. The summed E-state index contributed by atoms with van der Waals surface area (Å²) >= 11 is 0. The highest BCUT2D eigenvalue weighted by atomic mass is 19.1. The molecule has 0 unspecified atom stereocenters. The highest BCUT2D eigenvalue weighted by Gasteiger charge is 2.12. The Hall–Kier alpha value is -2.63. The molecule has 0 saturated heterocycles. The molecule has 0 atom stereocenters. The van der Waals surface area contributed by atoms with E-state index < -0.39 is 5.82 Å². The zero-order chi connectivity index (χ0) is 15.4. The molecule has 110 valence electrons. The molecule has 3 N–H and O–H groups in total. The average molecular weight is 289 g/mol. The predicted molar refractivity (Wildman–Crippen MR) is 78.9 cm³/mol. The minimum absolute atomic E-state index is 0.251. The standard InChI is InChI=1S/C15H16FN3O2/c1-3-11-6-9(7-14(17)18-11)15(20)19-12-5-4-10(16)8-13(12)21-2/h4-8H,3H2,1-2H3,(H2,17,18)(H,19,20). The van der Waals surface area contributed by atoms with Crippen molar-refractivity contribution in [1.82, 2.24) is 4.98 Å². The number of halogens is 1. The molecule has 0 fully saturated rings. The van der Waals surface area contributed by atoms with Gasteiger partial charge in [-0.05, 0) is 30.7 Å². The fourth-order valence-electron chi connectivity index (χ4n) is 1.89. The number of nitrogen functional groups attached to an aromatic ring is 1. The Morgan fingerprint density at radius 1 is 1.38 bits per heavy atom. The predicted octanol–water partition coefficient (Wildman–Crippen LogP) is 2.63. The number of nitrogens with zero attached hydrogens (tertiary/aromatic N) is 1. The van der Waals surface area contributed by atoms with Gasteiger partial charge in [0.15, 0.2) is 0 Å². The van der Waals surface area contributed by atoms with Crippen LogP contribution in [0.2, 0.25) is 0 Å². The van der Waals surface area contributed by atoms with E-state index in [4.69, 9.17) is 10.5 Å². The van der Waals surface area contributed by atoms with Gasteiger partial charge in [0, 0.05) is 17.3 Å². The summed E-state index contributed by atoms with van der Waals surface area (Å²) in [5, 5.41) is 2.67. The summed E-state index contributed by atoms with van der Waals surface area (Å²) in [6.07, 6.45) is 0.672. The van der Waals surface area contributed by atoms with Gasteiger partial charge in [-0.1, -0.05) is 6.92 Å². The Morgan fingerprint density at radius 3 is 2.81 bits per heavy atom. The number of aryl methyl sites for hydroxylation is 1. The number of carbonyl (C=O) groups excluding carboxylic acids is 1. The van der Waals surface area contributed by atoms with Gasteiger partial charge >= 0.3 is 0 Å². The molecule has 6 heteroatoms. The van der Waals surface area contributed by atoms with Crippen LogP contribution in [0, 0.1) is 5.82 Å². The molecule has 0 radical (unpaired) electrons. The number of nitrogens with two attached hydrogens (primary N) is 1. The summed E-state index contributed by atoms with van der Waals surface area (Å²) in [6, 6.07) is 7.05. The lowest BCUT2D eigenvalue weighted by molar-refractivity contribution is 0.102. The molecule has 0 saturated carbocycles. The molecular weight excluding hydrogens is 273 g/mol. The zero-order valence-electron chi connectivity index (χ0n) is 11.8. The maximum atomic E-state index is 13.1. The van der Waals surface area contributed by atoms with Crippen molar-refractivity contribution in [3.8, 4) is 5.75 Å². The lowest BCUT2D eigenvalue weighted by atomic mass is 10.1. The fraction of sp³-hybridized carbons (Fsp3) is 0.200. The molecule has 1 aromatic heterocycles. The summed E-state index contributed by atoms with van der Waals surface area (Å²) in [7, 11) is 1.41. The van der Waals surface area contributed by atoms with Crippen LogP contribution in [0.1, 0.15) is 23.0 Å². The first kappa shape index (κ1) is 14.8. The van der Waals surface area contributed by atoms with Crippen LogP contribution in [0.4, 0.5) is 15.9 Å². The maximum Gasteiger partial charge on any atom is 0.255 e. The Balaban J connectivity index is 2.28. The summed E-state index contributed by atoms with van der Waals surface area (Å²) in [6.45, 7) is 1.92. The maximum absolute atomic E-state index is 13.1. The van der Waals surface area contributed by atoms with Crippen LogP contribution in [0.25, 0.3) is 0 Å². The van der Waals surface area contributed by atoms with E-state index >= 15 is 0 Å². The first-order chi connectivity index (χ1) is 10.0. The molecule has 1 heterocycles. The van der Waals surface area contributed by atoms with E-state index in [0.717, 1.165) is 5.69 Å². The number of rotatable bonds is 4. The topological polar surface area (TPSA) is 77.2 Å². The molecule has 21 heavy (non-hydrogen) atoms. The van der Waals surface area contributed by atoms with Crippen molar-refractivity contribution in [2.24, 2.45) is 0 Å². The number of carbonyl (C=O) groups is 1. The van der Waals surface area contributed by atoms with E-state index in [0.29, 0.717) is 17.7 Å². The molecular formula is C15H16FN3O2. The number of anilines is 2. The summed E-state index contributed by atoms with van der Waals surface area (Å²) < 4.78 is 18.2. The van der Waals surface area contributed by atoms with E-state index in [1.54, 1.807) is 6.07 Å². The number of hydrogen-bond acceptors (Lipinski definition) is 4. The molecule has 2 rings (SSSR count). The first-order valence-electron chi connectivity index (χ1n) is 6.44. The van der Waals surface area contributed by atoms with Crippen LogP contribution in [0.5, 0.6) is 5.75 Å². The lowest BCUT2D eigenvalue weighted by Crippen LogP contribution is -2.14. The second-order valence-electron chi connectivity index (χ2n) is 4.42. The minimum atomic E-state index is -0.439. The molecule has 0 spiro atoms. The SMILES string of the molecule is CCc1cc(C(=O)Nc2ccc(F)cc2OC)cc(N)n1. The number of amides is 1. The van der Waals surface area contributed by atoms with Gasteiger partial charge in [0.25, 0.3) is 5.91 Å². The summed E-state index contributed by atoms with van der Waals surface area (Å²) in [4.78, 5) is 16.4. The smallest absolute Gasteiger partial charge is 0.255 e. The Bertz CT molecular complexity index is 674. The van der Waals surface area contributed by atoms with E-state index in [9.17, 15) is 9.18 Å². The molecule has 1 amide bonds. The van der Waals surface area contributed by atoms with E-state index in [2.05, 4.69) is 10.3 Å². The second kappa shape index (κ2) is 6.21. The van der Waals surface area contributed by atoms with Crippen LogP contribution >= 0.6 is 0 Å². The third-order valence-corrected chi connectivity index (χ3v) is 2.93. The molecule has 1 aromatic carbocycles. The van der Waals surface area contributed by atoms with Crippen molar-refractivity contribution in [2.45, 2.75) is 13.3 Å². The number of benzene rings is 1. The third-order valence-electron chi connectivity index (χ3n) is 2.93. The molecule has 0 bridgehead atoms. The number of aromatic nitrogens is 1. The molecule has 2 aromatic rings. The highest BCUT2D eigenvalue weighted by Crippen LogP contribution is 2.25. The van der Waals surface area contributed by atoms with E-state index in [-0.39, 0.29) is 17.5 Å². The van der Waals surface area contributed by atoms with Crippen LogP contribution in [0.15, 0.2) is 30.3 Å². The van der Waals surface area contributed by atoms with E-state index in [1.807, 2.05) is 6.92 Å². The van der Waals surface area contributed by atoms with Gasteiger partial charge in [0.1, 0.15) is 17.4 Å². The molecule has 5 nitrogen and oxygen atoms in total. The van der Waals surface area contributed by atoms with Crippen molar-refractivity contribution < 1.29 is 13.9 Å². The van der Waals surface area contributed by atoms with Crippen LogP contribution < -0.4 is 15.8 Å². The van der Waals surface area contributed by atoms with Gasteiger partial charge in [-0.2, -0.15) is 0 Å². The fourth-order valence-corrected chi connectivity index (χ4v) is 1.89. The third kappa shape index (κ3) is 3.47. The second-order valence-corrected chi connectivity index (χ2v) is 4.42. The summed E-state index contributed by atoms with van der Waals surface area (Å²) in [5.74, 6) is -0.262. The van der Waals surface area contributed by atoms with Crippen molar-refractivity contribution in [1.29, 1.82) is 0 Å². The molecule has 0 aliphatic heterocycles. The normalized spacial score (nSPS) is 10.2. The first-order valence-corrected chi connectivity index (χ1v) is 6.44. The van der Waals surface area contributed by atoms with Gasteiger partial charge in [-0.3, -0.25) is 4.79 Å². The van der Waals surface area contributed by atoms with Crippen molar-refractivity contribution in [3.05, 3.63) is 47.4 Å². The van der Waals surface area contributed by atoms with Crippen LogP contribution in [0.3, 0.4) is 0 Å². The van der Waals surface area contributed by atoms with E-state index in [1.165, 1.54) is 31.4 Å².